The predicted octanol–water partition coefficient (Wildman–Crippen LogP) is 0.391. The molecule has 0 spiro atoms. The zero-order valence-electron chi connectivity index (χ0n) is 10.9. The number of esters is 1. The van der Waals surface area contributed by atoms with Gasteiger partial charge in [-0.25, -0.2) is 12.8 Å². The average molecular weight is 314 g/mol. The van der Waals surface area contributed by atoms with E-state index in [4.69, 9.17) is 0 Å². The summed E-state index contributed by atoms with van der Waals surface area (Å²) in [7, 11) is -2.75. The van der Waals surface area contributed by atoms with E-state index in [1.807, 2.05) is 0 Å². The summed E-state index contributed by atoms with van der Waals surface area (Å²) in [5.41, 5.74) is 0.128. The Morgan fingerprint density at radius 2 is 2.19 bits per heavy atom. The summed E-state index contributed by atoms with van der Waals surface area (Å²) in [6.07, 6.45) is 4.44. The van der Waals surface area contributed by atoms with Gasteiger partial charge in [0.05, 0.1) is 25.2 Å². The van der Waals surface area contributed by atoms with Crippen LogP contribution in [0.3, 0.4) is 0 Å². The van der Waals surface area contributed by atoms with E-state index in [9.17, 15) is 17.6 Å². The third kappa shape index (κ3) is 3.75. The van der Waals surface area contributed by atoms with E-state index >= 15 is 0 Å². The highest BCUT2D eigenvalue weighted by molar-refractivity contribution is 7.92. The molecule has 0 amide bonds. The van der Waals surface area contributed by atoms with Crippen LogP contribution in [0.5, 0.6) is 0 Å². The standard InChI is InChI=1S/C11H11FN4O4S/c1-20-11(17)7-16-6-9(4-14-16)15-21(18,19)10-2-8(12)3-13-5-10/h2-6,15H,7H2,1H3. The zero-order chi connectivity index (χ0) is 15.5. The predicted molar refractivity (Wildman–Crippen MR) is 69.2 cm³/mol. The molecular weight excluding hydrogens is 303 g/mol. The number of rotatable bonds is 5. The maximum Gasteiger partial charge on any atom is 0.327 e. The van der Waals surface area contributed by atoms with Crippen LogP contribution in [0, 0.1) is 5.82 Å². The molecule has 0 fully saturated rings. The Bertz CT molecular complexity index is 759. The molecule has 2 aromatic rings. The fourth-order valence-corrected chi connectivity index (χ4v) is 2.45. The number of aromatic nitrogens is 3. The normalized spacial score (nSPS) is 11.1. The summed E-state index contributed by atoms with van der Waals surface area (Å²) in [6, 6.07) is 0.841. The van der Waals surface area contributed by atoms with Gasteiger partial charge in [-0.2, -0.15) is 5.10 Å². The van der Waals surface area contributed by atoms with Gasteiger partial charge < -0.3 is 4.74 Å². The van der Waals surface area contributed by atoms with Crippen molar-refractivity contribution in [3.63, 3.8) is 0 Å². The Morgan fingerprint density at radius 1 is 1.43 bits per heavy atom. The van der Waals surface area contributed by atoms with Gasteiger partial charge in [0.1, 0.15) is 17.3 Å². The molecule has 10 heteroatoms. The van der Waals surface area contributed by atoms with Crippen molar-refractivity contribution in [1.29, 1.82) is 0 Å². The van der Waals surface area contributed by atoms with E-state index in [2.05, 4.69) is 19.5 Å². The number of halogens is 1. The minimum Gasteiger partial charge on any atom is -0.468 e. The Hall–Kier alpha value is -2.49. The number of ether oxygens (including phenoxy) is 1. The lowest BCUT2D eigenvalue weighted by Crippen LogP contribution is -2.13. The largest absolute Gasteiger partial charge is 0.468 e. The van der Waals surface area contributed by atoms with Crippen molar-refractivity contribution in [3.8, 4) is 0 Å². The van der Waals surface area contributed by atoms with Crippen LogP contribution in [-0.2, 0) is 26.1 Å². The van der Waals surface area contributed by atoms with Crippen LogP contribution in [-0.4, -0.2) is 36.3 Å². The number of nitrogens with one attached hydrogen (secondary N) is 1. The molecule has 0 aliphatic heterocycles. The summed E-state index contributed by atoms with van der Waals surface area (Å²) in [5.74, 6) is -1.29. The Balaban J connectivity index is 2.16. The highest BCUT2D eigenvalue weighted by atomic mass is 32.2. The summed E-state index contributed by atoms with van der Waals surface area (Å²) >= 11 is 0. The van der Waals surface area contributed by atoms with Gasteiger partial charge in [0.25, 0.3) is 10.0 Å². The van der Waals surface area contributed by atoms with Crippen LogP contribution in [0.4, 0.5) is 10.1 Å². The first-order valence-corrected chi connectivity index (χ1v) is 7.11. The van der Waals surface area contributed by atoms with E-state index in [0.29, 0.717) is 0 Å². The van der Waals surface area contributed by atoms with Crippen molar-refractivity contribution in [2.24, 2.45) is 0 Å². The lowest BCUT2D eigenvalue weighted by molar-refractivity contribution is -0.141. The molecule has 0 saturated heterocycles. The topological polar surface area (TPSA) is 103 Å². The van der Waals surface area contributed by atoms with Crippen molar-refractivity contribution in [2.75, 3.05) is 11.8 Å². The highest BCUT2D eigenvalue weighted by Crippen LogP contribution is 2.15. The molecule has 2 rings (SSSR count). The molecule has 112 valence electrons. The molecule has 0 aromatic carbocycles. The molecule has 0 radical (unpaired) electrons. The number of sulfonamides is 1. The van der Waals surface area contributed by atoms with Crippen LogP contribution in [0.2, 0.25) is 0 Å². The molecule has 0 aliphatic carbocycles. The smallest absolute Gasteiger partial charge is 0.327 e. The number of carbonyl (C=O) groups excluding carboxylic acids is 1. The third-order valence-corrected chi connectivity index (χ3v) is 3.74. The van der Waals surface area contributed by atoms with Crippen LogP contribution in [0.1, 0.15) is 0 Å². The second-order valence-corrected chi connectivity index (χ2v) is 5.63. The van der Waals surface area contributed by atoms with Gasteiger partial charge in [-0.3, -0.25) is 19.2 Å². The van der Waals surface area contributed by atoms with E-state index in [1.165, 1.54) is 24.2 Å². The molecule has 0 saturated carbocycles. The van der Waals surface area contributed by atoms with Crippen LogP contribution < -0.4 is 4.72 Å². The first-order valence-electron chi connectivity index (χ1n) is 5.63. The fraction of sp³-hybridized carbons (Fsp3) is 0.182. The van der Waals surface area contributed by atoms with E-state index in [1.54, 1.807) is 0 Å². The van der Waals surface area contributed by atoms with Crippen molar-refractivity contribution < 1.29 is 22.3 Å². The Morgan fingerprint density at radius 3 is 2.86 bits per heavy atom. The molecule has 0 atom stereocenters. The Labute approximate surface area is 119 Å². The van der Waals surface area contributed by atoms with Crippen molar-refractivity contribution in [1.82, 2.24) is 14.8 Å². The van der Waals surface area contributed by atoms with Crippen molar-refractivity contribution in [2.45, 2.75) is 11.4 Å². The molecule has 21 heavy (non-hydrogen) atoms. The minimum absolute atomic E-state index is 0.128. The molecule has 2 aromatic heterocycles. The summed E-state index contributed by atoms with van der Waals surface area (Å²) in [6.45, 7) is -0.153. The second kappa shape index (κ2) is 5.87. The third-order valence-electron chi connectivity index (χ3n) is 2.39. The average Bonchev–Trinajstić information content (AvgIpc) is 2.85. The quantitative estimate of drug-likeness (QED) is 0.801. The lowest BCUT2D eigenvalue weighted by atomic mass is 10.5. The van der Waals surface area contributed by atoms with Gasteiger partial charge in [-0.15, -0.1) is 0 Å². The van der Waals surface area contributed by atoms with Gasteiger partial charge in [-0.1, -0.05) is 0 Å². The van der Waals surface area contributed by atoms with Gasteiger partial charge in [0.2, 0.25) is 0 Å². The lowest BCUT2D eigenvalue weighted by Gasteiger charge is -2.05. The molecule has 8 nitrogen and oxygen atoms in total. The minimum atomic E-state index is -3.98. The number of hydrogen-bond donors (Lipinski definition) is 1. The highest BCUT2D eigenvalue weighted by Gasteiger charge is 2.16. The number of anilines is 1. The first kappa shape index (κ1) is 14.9. The number of hydrogen-bond acceptors (Lipinski definition) is 6. The molecule has 0 unspecified atom stereocenters. The molecule has 0 bridgehead atoms. The molecular formula is C11H11FN4O4S. The van der Waals surface area contributed by atoms with Crippen LogP contribution in [0.15, 0.2) is 35.7 Å². The summed E-state index contributed by atoms with van der Waals surface area (Å²) < 4.78 is 44.9. The number of pyridine rings is 1. The number of carbonyl (C=O) groups is 1. The number of nitrogens with zero attached hydrogens (tertiary/aromatic N) is 3. The van der Waals surface area contributed by atoms with E-state index in [-0.39, 0.29) is 17.1 Å². The number of methoxy groups -OCH3 is 1. The van der Waals surface area contributed by atoms with Gasteiger partial charge in [-0.05, 0) is 6.07 Å². The fourth-order valence-electron chi connectivity index (χ4n) is 1.45. The SMILES string of the molecule is COC(=O)Cn1cc(NS(=O)(=O)c2cncc(F)c2)cn1. The van der Waals surface area contributed by atoms with E-state index in [0.717, 1.165) is 18.5 Å². The first-order chi connectivity index (χ1) is 9.90. The van der Waals surface area contributed by atoms with Gasteiger partial charge >= 0.3 is 5.97 Å². The molecule has 1 N–H and O–H groups in total. The summed E-state index contributed by atoms with van der Waals surface area (Å²) in [5, 5.41) is 3.80. The summed E-state index contributed by atoms with van der Waals surface area (Å²) in [4.78, 5) is 14.2. The zero-order valence-corrected chi connectivity index (χ0v) is 11.7. The molecule has 2 heterocycles. The monoisotopic (exact) mass is 314 g/mol. The molecule has 0 aliphatic rings. The maximum absolute atomic E-state index is 13.0. The van der Waals surface area contributed by atoms with Crippen molar-refractivity contribution >= 4 is 21.7 Å². The van der Waals surface area contributed by atoms with E-state index < -0.39 is 21.8 Å². The van der Waals surface area contributed by atoms with Gasteiger partial charge in [0, 0.05) is 12.4 Å². The van der Waals surface area contributed by atoms with Crippen LogP contribution in [0.25, 0.3) is 0 Å². The second-order valence-electron chi connectivity index (χ2n) is 3.95. The van der Waals surface area contributed by atoms with Crippen LogP contribution >= 0.6 is 0 Å². The Kier molecular flexibility index (Phi) is 4.17. The van der Waals surface area contributed by atoms with Gasteiger partial charge in [0.15, 0.2) is 0 Å². The maximum atomic E-state index is 13.0. The van der Waals surface area contributed by atoms with Crippen molar-refractivity contribution in [3.05, 3.63) is 36.7 Å².